The molecule has 2 nitrogen and oxygen atoms in total. The summed E-state index contributed by atoms with van der Waals surface area (Å²) in [6, 6.07) is 0. The summed E-state index contributed by atoms with van der Waals surface area (Å²) in [6.07, 6.45) is 7.89. The third kappa shape index (κ3) is 2.35. The first kappa shape index (κ1) is 10.2. The minimum absolute atomic E-state index is 0.331. The molecule has 2 atom stereocenters. The van der Waals surface area contributed by atoms with Gasteiger partial charge in [0.25, 0.3) is 0 Å². The maximum absolute atomic E-state index is 11.9. The van der Waals surface area contributed by atoms with Crippen LogP contribution in [0.1, 0.15) is 44.9 Å². The van der Waals surface area contributed by atoms with Crippen molar-refractivity contribution in [3.63, 3.8) is 0 Å². The van der Waals surface area contributed by atoms with Gasteiger partial charge in [-0.25, -0.2) is 0 Å². The molecule has 1 aliphatic heterocycles. The zero-order valence-corrected chi connectivity index (χ0v) is 8.84. The molecule has 1 aliphatic carbocycles. The first-order chi connectivity index (χ1) is 6.88. The molecule has 2 unspecified atom stereocenters. The SMILES string of the molecule is O=C1CCCCCC1C1CCCOC1. The van der Waals surface area contributed by atoms with Crippen LogP contribution < -0.4 is 0 Å². The van der Waals surface area contributed by atoms with Gasteiger partial charge in [-0.3, -0.25) is 4.79 Å². The molecule has 14 heavy (non-hydrogen) atoms. The van der Waals surface area contributed by atoms with Gasteiger partial charge in [0.15, 0.2) is 0 Å². The summed E-state index contributed by atoms with van der Waals surface area (Å²) in [5.74, 6) is 1.38. The Labute approximate surface area is 86.0 Å². The van der Waals surface area contributed by atoms with Gasteiger partial charge in [-0.05, 0) is 31.6 Å². The van der Waals surface area contributed by atoms with E-state index in [0.29, 0.717) is 17.6 Å². The average molecular weight is 196 g/mol. The van der Waals surface area contributed by atoms with Crippen molar-refractivity contribution in [1.82, 2.24) is 0 Å². The summed E-state index contributed by atoms with van der Waals surface area (Å²) in [5, 5.41) is 0. The Morgan fingerprint density at radius 3 is 2.79 bits per heavy atom. The number of hydrogen-bond acceptors (Lipinski definition) is 2. The van der Waals surface area contributed by atoms with E-state index >= 15 is 0 Å². The van der Waals surface area contributed by atoms with Crippen LogP contribution in [-0.2, 0) is 9.53 Å². The Morgan fingerprint density at radius 1 is 1.07 bits per heavy atom. The van der Waals surface area contributed by atoms with E-state index in [0.717, 1.165) is 38.9 Å². The normalized spacial score (nSPS) is 35.3. The van der Waals surface area contributed by atoms with Gasteiger partial charge < -0.3 is 4.74 Å². The van der Waals surface area contributed by atoms with Crippen LogP contribution in [-0.4, -0.2) is 19.0 Å². The van der Waals surface area contributed by atoms with Crippen LogP contribution in [0.5, 0.6) is 0 Å². The van der Waals surface area contributed by atoms with Crippen molar-refractivity contribution in [2.75, 3.05) is 13.2 Å². The van der Waals surface area contributed by atoms with Crippen LogP contribution >= 0.6 is 0 Å². The first-order valence-corrected chi connectivity index (χ1v) is 5.98. The third-order valence-electron chi connectivity index (χ3n) is 3.62. The molecule has 2 aliphatic rings. The molecule has 1 saturated carbocycles. The lowest BCUT2D eigenvalue weighted by Crippen LogP contribution is -2.29. The molecule has 2 rings (SSSR count). The van der Waals surface area contributed by atoms with E-state index in [4.69, 9.17) is 4.74 Å². The van der Waals surface area contributed by atoms with Gasteiger partial charge in [0.1, 0.15) is 5.78 Å². The Balaban J connectivity index is 1.95. The topological polar surface area (TPSA) is 26.3 Å². The second kappa shape index (κ2) is 4.92. The zero-order chi connectivity index (χ0) is 9.80. The Morgan fingerprint density at radius 2 is 2.00 bits per heavy atom. The van der Waals surface area contributed by atoms with E-state index < -0.39 is 0 Å². The number of carbonyl (C=O) groups is 1. The average Bonchev–Trinajstić information content (AvgIpc) is 2.44. The first-order valence-electron chi connectivity index (χ1n) is 5.98. The number of carbonyl (C=O) groups excluding carboxylic acids is 1. The molecule has 80 valence electrons. The molecule has 0 aromatic carbocycles. The minimum atomic E-state index is 0.331. The predicted octanol–water partition coefficient (Wildman–Crippen LogP) is 2.56. The summed E-state index contributed by atoms with van der Waals surface area (Å²) in [5.41, 5.74) is 0. The lowest BCUT2D eigenvalue weighted by atomic mass is 9.82. The van der Waals surface area contributed by atoms with E-state index in [2.05, 4.69) is 0 Å². The van der Waals surface area contributed by atoms with Gasteiger partial charge in [0.05, 0.1) is 6.61 Å². The van der Waals surface area contributed by atoms with Crippen molar-refractivity contribution in [3.8, 4) is 0 Å². The second-order valence-corrected chi connectivity index (χ2v) is 4.65. The van der Waals surface area contributed by atoms with Crippen molar-refractivity contribution in [3.05, 3.63) is 0 Å². The summed E-state index contributed by atoms with van der Waals surface area (Å²) in [6.45, 7) is 1.73. The monoisotopic (exact) mass is 196 g/mol. The van der Waals surface area contributed by atoms with Crippen LogP contribution in [0.25, 0.3) is 0 Å². The van der Waals surface area contributed by atoms with E-state index in [1.165, 1.54) is 19.3 Å². The number of rotatable bonds is 1. The summed E-state index contributed by atoms with van der Waals surface area (Å²) < 4.78 is 5.47. The molecule has 0 N–H and O–H groups in total. The highest BCUT2D eigenvalue weighted by Gasteiger charge is 2.30. The summed E-state index contributed by atoms with van der Waals surface area (Å²) in [4.78, 5) is 11.9. The molecule has 0 radical (unpaired) electrons. The molecule has 0 aromatic rings. The highest BCUT2D eigenvalue weighted by molar-refractivity contribution is 5.81. The molecular weight excluding hydrogens is 176 g/mol. The van der Waals surface area contributed by atoms with Gasteiger partial charge in [-0.2, -0.15) is 0 Å². The lowest BCUT2D eigenvalue weighted by molar-refractivity contribution is -0.126. The van der Waals surface area contributed by atoms with Crippen molar-refractivity contribution in [2.24, 2.45) is 11.8 Å². The van der Waals surface area contributed by atoms with Crippen LogP contribution in [0.4, 0.5) is 0 Å². The highest BCUT2D eigenvalue weighted by Crippen LogP contribution is 2.31. The van der Waals surface area contributed by atoms with Crippen molar-refractivity contribution in [2.45, 2.75) is 44.9 Å². The van der Waals surface area contributed by atoms with Crippen molar-refractivity contribution in [1.29, 1.82) is 0 Å². The lowest BCUT2D eigenvalue weighted by Gasteiger charge is -2.28. The molecule has 0 aromatic heterocycles. The fraction of sp³-hybridized carbons (Fsp3) is 0.917. The van der Waals surface area contributed by atoms with Gasteiger partial charge in [-0.1, -0.05) is 12.8 Å². The van der Waals surface area contributed by atoms with Gasteiger partial charge in [0, 0.05) is 18.9 Å². The fourth-order valence-corrected chi connectivity index (χ4v) is 2.77. The molecule has 0 bridgehead atoms. The third-order valence-corrected chi connectivity index (χ3v) is 3.62. The van der Waals surface area contributed by atoms with Crippen LogP contribution in [0.3, 0.4) is 0 Å². The molecule has 2 heteroatoms. The fourth-order valence-electron chi connectivity index (χ4n) is 2.77. The van der Waals surface area contributed by atoms with E-state index in [9.17, 15) is 4.79 Å². The predicted molar refractivity (Wildman–Crippen MR) is 55.1 cm³/mol. The number of Topliss-reactive ketones (excluding diaryl/α,β-unsaturated/α-hetero) is 1. The van der Waals surface area contributed by atoms with Crippen molar-refractivity contribution >= 4 is 5.78 Å². The molecule has 0 spiro atoms. The van der Waals surface area contributed by atoms with E-state index in [-0.39, 0.29) is 0 Å². The maximum atomic E-state index is 11.9. The number of ketones is 1. The number of hydrogen-bond donors (Lipinski definition) is 0. The van der Waals surface area contributed by atoms with E-state index in [1.807, 2.05) is 0 Å². The van der Waals surface area contributed by atoms with Gasteiger partial charge in [-0.15, -0.1) is 0 Å². The minimum Gasteiger partial charge on any atom is -0.381 e. The maximum Gasteiger partial charge on any atom is 0.136 e. The molecule has 1 heterocycles. The Hall–Kier alpha value is -0.370. The van der Waals surface area contributed by atoms with Gasteiger partial charge >= 0.3 is 0 Å². The zero-order valence-electron chi connectivity index (χ0n) is 8.84. The van der Waals surface area contributed by atoms with Gasteiger partial charge in [0.2, 0.25) is 0 Å². The number of ether oxygens (including phenoxy) is 1. The molecular formula is C12H20O2. The molecule has 1 saturated heterocycles. The van der Waals surface area contributed by atoms with Crippen LogP contribution in [0.2, 0.25) is 0 Å². The largest absolute Gasteiger partial charge is 0.381 e. The molecule has 0 amide bonds. The van der Waals surface area contributed by atoms with E-state index in [1.54, 1.807) is 0 Å². The van der Waals surface area contributed by atoms with Crippen LogP contribution in [0.15, 0.2) is 0 Å². The highest BCUT2D eigenvalue weighted by atomic mass is 16.5. The molecule has 2 fully saturated rings. The summed E-state index contributed by atoms with van der Waals surface area (Å²) in [7, 11) is 0. The summed E-state index contributed by atoms with van der Waals surface area (Å²) >= 11 is 0. The van der Waals surface area contributed by atoms with Crippen LogP contribution in [0, 0.1) is 11.8 Å². The Kier molecular flexibility index (Phi) is 3.57. The Bertz CT molecular complexity index is 194. The second-order valence-electron chi connectivity index (χ2n) is 4.65. The standard InChI is InChI=1S/C12H20O2/c13-12-7-3-1-2-6-11(12)10-5-4-8-14-9-10/h10-11H,1-9H2. The van der Waals surface area contributed by atoms with Crippen molar-refractivity contribution < 1.29 is 9.53 Å². The smallest absolute Gasteiger partial charge is 0.136 e. The quantitative estimate of drug-likeness (QED) is 0.602.